The minimum atomic E-state index is -1.36. The Bertz CT molecular complexity index is 1130. The Balaban J connectivity index is 1.60. The van der Waals surface area contributed by atoms with Crippen LogP contribution in [0.5, 0.6) is 0 Å². The highest BCUT2D eigenvalue weighted by Gasteiger charge is 2.31. The number of carbonyl (C=O) groups is 3. The number of benzene rings is 1. The normalized spacial score (nSPS) is 19.8. The summed E-state index contributed by atoms with van der Waals surface area (Å²) < 4.78 is 22.0. The fraction of sp³-hybridized carbons (Fsp3) is 0.455. The van der Waals surface area contributed by atoms with Gasteiger partial charge in [-0.2, -0.15) is 5.10 Å². The number of aromatic nitrogens is 2. The molecule has 1 N–H and O–H groups in total. The fourth-order valence-corrected chi connectivity index (χ4v) is 3.86. The van der Waals surface area contributed by atoms with Crippen molar-refractivity contribution in [2.24, 2.45) is 7.05 Å². The molecule has 10 heteroatoms. The summed E-state index contributed by atoms with van der Waals surface area (Å²) in [6.45, 7) is 5.72. The van der Waals surface area contributed by atoms with Gasteiger partial charge in [0.15, 0.2) is 5.82 Å². The molecular weight excluding hydrogens is 417 g/mol. The number of urea groups is 1. The molecule has 1 aromatic heterocycles. The smallest absolute Gasteiger partial charge is 0.410 e. The van der Waals surface area contributed by atoms with Gasteiger partial charge < -0.3 is 9.64 Å². The third-order valence-electron chi connectivity index (χ3n) is 5.38. The van der Waals surface area contributed by atoms with E-state index in [1.54, 1.807) is 50.7 Å². The quantitative estimate of drug-likeness (QED) is 0.770. The van der Waals surface area contributed by atoms with Gasteiger partial charge in [-0.1, -0.05) is 12.1 Å². The van der Waals surface area contributed by atoms with E-state index in [1.807, 2.05) is 6.07 Å². The van der Waals surface area contributed by atoms with Crippen molar-refractivity contribution in [1.82, 2.24) is 20.0 Å². The van der Waals surface area contributed by atoms with Gasteiger partial charge in [0.05, 0.1) is 12.1 Å². The Kier molecular flexibility index (Phi) is 5.39. The molecule has 9 nitrogen and oxygen atoms in total. The van der Waals surface area contributed by atoms with E-state index in [4.69, 9.17) is 4.74 Å². The molecule has 1 atom stereocenters. The standard InChI is InChI=1S/C22H26FN5O4/c1-22(2,3)32-21(31)27-9-7-14(16(23)12-27)13-5-6-15-17(11-13)26(4)25-19(15)28-10-8-18(29)24-20(28)30/h5-7,11,16H,8-10,12H2,1-4H3,(H,24,29,30). The number of amides is 4. The van der Waals surface area contributed by atoms with E-state index in [2.05, 4.69) is 10.4 Å². The number of nitrogens with one attached hydrogen (secondary N) is 1. The first-order valence-electron chi connectivity index (χ1n) is 10.4. The van der Waals surface area contributed by atoms with Crippen LogP contribution < -0.4 is 10.2 Å². The van der Waals surface area contributed by atoms with Crippen LogP contribution in [-0.4, -0.2) is 64.1 Å². The van der Waals surface area contributed by atoms with Crippen molar-refractivity contribution < 1.29 is 23.5 Å². The number of rotatable bonds is 2. The molecular formula is C22H26FN5O4. The van der Waals surface area contributed by atoms with Crippen molar-refractivity contribution in [2.45, 2.75) is 39.0 Å². The second-order valence-corrected chi connectivity index (χ2v) is 8.95. The fourth-order valence-electron chi connectivity index (χ4n) is 3.86. The summed E-state index contributed by atoms with van der Waals surface area (Å²) in [5.74, 6) is 0.136. The third kappa shape index (κ3) is 4.17. The predicted octanol–water partition coefficient (Wildman–Crippen LogP) is 2.99. The largest absolute Gasteiger partial charge is 0.444 e. The minimum Gasteiger partial charge on any atom is -0.444 e. The van der Waals surface area contributed by atoms with Gasteiger partial charge in [0.1, 0.15) is 11.8 Å². The van der Waals surface area contributed by atoms with Crippen molar-refractivity contribution >= 4 is 40.3 Å². The number of alkyl halides is 1. The van der Waals surface area contributed by atoms with Crippen LogP contribution in [0.1, 0.15) is 32.8 Å². The highest BCUT2D eigenvalue weighted by atomic mass is 19.1. The second-order valence-electron chi connectivity index (χ2n) is 8.95. The highest BCUT2D eigenvalue weighted by molar-refractivity contribution is 6.09. The van der Waals surface area contributed by atoms with Crippen LogP contribution in [0.4, 0.5) is 19.8 Å². The first kappa shape index (κ1) is 21.8. The zero-order valence-electron chi connectivity index (χ0n) is 18.5. The molecule has 4 amide bonds. The van der Waals surface area contributed by atoms with Crippen molar-refractivity contribution in [3.05, 3.63) is 29.8 Å². The molecule has 32 heavy (non-hydrogen) atoms. The molecule has 1 unspecified atom stereocenters. The molecule has 0 bridgehead atoms. The number of hydrogen-bond donors (Lipinski definition) is 1. The number of aryl methyl sites for hydroxylation is 1. The van der Waals surface area contributed by atoms with Crippen molar-refractivity contribution in [3.8, 4) is 0 Å². The van der Waals surface area contributed by atoms with E-state index in [-0.39, 0.29) is 32.0 Å². The third-order valence-corrected chi connectivity index (χ3v) is 5.38. The van der Waals surface area contributed by atoms with E-state index in [0.717, 1.165) is 10.9 Å². The van der Waals surface area contributed by atoms with Crippen LogP contribution in [-0.2, 0) is 16.6 Å². The Morgan fingerprint density at radius 2 is 2.03 bits per heavy atom. The molecule has 0 radical (unpaired) electrons. The van der Waals surface area contributed by atoms with Gasteiger partial charge >= 0.3 is 12.1 Å². The van der Waals surface area contributed by atoms with Crippen LogP contribution in [0.15, 0.2) is 24.3 Å². The zero-order chi connectivity index (χ0) is 23.2. The average molecular weight is 443 g/mol. The Morgan fingerprint density at radius 3 is 2.69 bits per heavy atom. The van der Waals surface area contributed by atoms with Gasteiger partial charge in [0, 0.05) is 31.9 Å². The SMILES string of the molecule is Cn1nc(N2CCC(=O)NC2=O)c2ccc(C3=CCN(C(=O)OC(C)(C)C)CC3F)cc21. The number of hydrogen-bond acceptors (Lipinski definition) is 5. The summed E-state index contributed by atoms with van der Waals surface area (Å²) in [5, 5.41) is 7.47. The van der Waals surface area contributed by atoms with E-state index in [1.165, 1.54) is 9.80 Å². The van der Waals surface area contributed by atoms with Gasteiger partial charge in [-0.25, -0.2) is 14.0 Å². The van der Waals surface area contributed by atoms with E-state index < -0.39 is 23.9 Å². The van der Waals surface area contributed by atoms with Gasteiger partial charge in [-0.3, -0.25) is 19.7 Å². The minimum absolute atomic E-state index is 0.0859. The van der Waals surface area contributed by atoms with Crippen LogP contribution in [0.2, 0.25) is 0 Å². The molecule has 0 saturated carbocycles. The number of carbonyl (C=O) groups excluding carboxylic acids is 3. The van der Waals surface area contributed by atoms with E-state index in [0.29, 0.717) is 17.0 Å². The van der Waals surface area contributed by atoms with Crippen molar-refractivity contribution in [1.29, 1.82) is 0 Å². The molecule has 1 aromatic carbocycles. The zero-order valence-corrected chi connectivity index (χ0v) is 18.5. The summed E-state index contributed by atoms with van der Waals surface area (Å²) >= 11 is 0. The Labute approximate surface area is 184 Å². The summed E-state index contributed by atoms with van der Waals surface area (Å²) in [7, 11) is 1.75. The predicted molar refractivity (Wildman–Crippen MR) is 117 cm³/mol. The van der Waals surface area contributed by atoms with Crippen molar-refractivity contribution in [3.63, 3.8) is 0 Å². The van der Waals surface area contributed by atoms with E-state index in [9.17, 15) is 14.4 Å². The number of fused-ring (bicyclic) bond motifs is 1. The van der Waals surface area contributed by atoms with Crippen LogP contribution in [0.25, 0.3) is 16.5 Å². The average Bonchev–Trinajstić information content (AvgIpc) is 3.02. The number of anilines is 1. The Hall–Kier alpha value is -3.43. The number of ether oxygens (including phenoxy) is 1. The lowest BCUT2D eigenvalue weighted by atomic mass is 9.97. The molecule has 1 fully saturated rings. The molecule has 2 aliphatic heterocycles. The van der Waals surface area contributed by atoms with Gasteiger partial charge in [0.25, 0.3) is 0 Å². The first-order valence-corrected chi connectivity index (χ1v) is 10.4. The molecule has 170 valence electrons. The maximum Gasteiger partial charge on any atom is 0.410 e. The molecule has 0 spiro atoms. The second kappa shape index (κ2) is 7.92. The molecule has 2 aliphatic rings. The van der Waals surface area contributed by atoms with Crippen molar-refractivity contribution in [2.75, 3.05) is 24.5 Å². The maximum atomic E-state index is 15.0. The van der Waals surface area contributed by atoms with Gasteiger partial charge in [-0.15, -0.1) is 0 Å². The Morgan fingerprint density at radius 1 is 1.28 bits per heavy atom. The molecule has 3 heterocycles. The lowest BCUT2D eigenvalue weighted by Gasteiger charge is -2.31. The molecule has 0 aliphatic carbocycles. The molecule has 1 saturated heterocycles. The topological polar surface area (TPSA) is 96.8 Å². The van der Waals surface area contributed by atoms with E-state index >= 15 is 4.39 Å². The highest BCUT2D eigenvalue weighted by Crippen LogP contribution is 2.32. The number of halogens is 1. The first-order chi connectivity index (χ1) is 15.0. The lowest BCUT2D eigenvalue weighted by molar-refractivity contribution is -0.120. The molecule has 4 rings (SSSR count). The van der Waals surface area contributed by atoms with Gasteiger partial charge in [0.2, 0.25) is 5.91 Å². The summed E-state index contributed by atoms with van der Waals surface area (Å²) in [5.41, 5.74) is 1.26. The molecule has 2 aromatic rings. The van der Waals surface area contributed by atoms with Crippen LogP contribution >= 0.6 is 0 Å². The monoisotopic (exact) mass is 443 g/mol. The summed E-state index contributed by atoms with van der Waals surface area (Å²) in [6, 6.07) is 4.89. The summed E-state index contributed by atoms with van der Waals surface area (Å²) in [6.07, 6.45) is -0.00655. The maximum absolute atomic E-state index is 15.0. The van der Waals surface area contributed by atoms with Gasteiger partial charge in [-0.05, 0) is 44.0 Å². The summed E-state index contributed by atoms with van der Waals surface area (Å²) in [4.78, 5) is 38.7. The van der Waals surface area contributed by atoms with Crippen LogP contribution in [0, 0.1) is 0 Å². The van der Waals surface area contributed by atoms with Crippen LogP contribution in [0.3, 0.4) is 0 Å². The number of nitrogens with zero attached hydrogens (tertiary/aromatic N) is 4. The number of imide groups is 1. The lowest BCUT2D eigenvalue weighted by Crippen LogP contribution is -2.49.